The summed E-state index contributed by atoms with van der Waals surface area (Å²) in [6, 6.07) is 6.73. The molecule has 1 aliphatic rings. The van der Waals surface area contributed by atoms with Crippen LogP contribution in [0.2, 0.25) is 0 Å². The number of carbonyl (C=O) groups is 1. The highest BCUT2D eigenvalue weighted by Gasteiger charge is 2.32. The predicted octanol–water partition coefficient (Wildman–Crippen LogP) is -0.0858. The topological polar surface area (TPSA) is 99.7 Å². The third kappa shape index (κ3) is 2.28. The number of β-amino-alcohol motifs (C(OH)–C–C–N with tert-alkyl or cyclic N) is 2. The highest BCUT2D eigenvalue weighted by molar-refractivity contribution is 5.94. The highest BCUT2D eigenvalue weighted by Crippen LogP contribution is 2.19. The van der Waals surface area contributed by atoms with Gasteiger partial charge in [0, 0.05) is 24.2 Å². The van der Waals surface area contributed by atoms with E-state index >= 15 is 0 Å². The number of carbonyl (C=O) groups excluding carboxylic acids is 1. The molecule has 1 amide bonds. The summed E-state index contributed by atoms with van der Waals surface area (Å²) >= 11 is 0. The van der Waals surface area contributed by atoms with Gasteiger partial charge >= 0.3 is 0 Å². The minimum Gasteiger partial charge on any atom is -0.423 e. The van der Waals surface area contributed by atoms with Crippen LogP contribution in [0.1, 0.15) is 10.4 Å². The van der Waals surface area contributed by atoms with E-state index < -0.39 is 12.2 Å². The van der Waals surface area contributed by atoms with Crippen LogP contribution in [-0.2, 0) is 0 Å². The van der Waals surface area contributed by atoms with Gasteiger partial charge in [-0.25, -0.2) is 0 Å². The molecule has 0 spiro atoms. The van der Waals surface area contributed by atoms with Crippen molar-refractivity contribution in [3.05, 3.63) is 36.2 Å². The molecule has 1 aromatic heterocycles. The molecular formula is C13H13N3O4. The van der Waals surface area contributed by atoms with E-state index in [0.29, 0.717) is 11.5 Å². The van der Waals surface area contributed by atoms with E-state index in [2.05, 4.69) is 10.2 Å². The van der Waals surface area contributed by atoms with E-state index in [1.54, 1.807) is 24.3 Å². The first-order chi connectivity index (χ1) is 9.65. The fourth-order valence-electron chi connectivity index (χ4n) is 2.17. The molecule has 7 heteroatoms. The lowest BCUT2D eigenvalue weighted by Gasteiger charge is -2.15. The normalized spacial score (nSPS) is 22.2. The van der Waals surface area contributed by atoms with Crippen molar-refractivity contribution in [2.75, 3.05) is 13.1 Å². The van der Waals surface area contributed by atoms with Gasteiger partial charge in [-0.3, -0.25) is 4.79 Å². The zero-order valence-corrected chi connectivity index (χ0v) is 10.5. The average Bonchev–Trinajstić information content (AvgIpc) is 3.09. The monoisotopic (exact) mass is 275 g/mol. The van der Waals surface area contributed by atoms with E-state index in [-0.39, 0.29) is 19.0 Å². The molecule has 0 unspecified atom stereocenters. The molecule has 2 heterocycles. The second-order valence-electron chi connectivity index (χ2n) is 4.67. The minimum absolute atomic E-state index is 0.144. The van der Waals surface area contributed by atoms with Crippen LogP contribution < -0.4 is 0 Å². The van der Waals surface area contributed by atoms with Crippen molar-refractivity contribution in [3.8, 4) is 11.5 Å². The Kier molecular flexibility index (Phi) is 3.21. The standard InChI is InChI=1S/C13H13N3O4/c17-10-5-16(6-11(10)18)13(19)9-3-1-8(2-4-9)12-15-14-7-20-12/h1-4,7,10-11,17-18H,5-6H2/t10-,11+. The Morgan fingerprint density at radius 1 is 1.20 bits per heavy atom. The third-order valence-electron chi connectivity index (χ3n) is 3.29. The van der Waals surface area contributed by atoms with Crippen molar-refractivity contribution in [3.63, 3.8) is 0 Å². The third-order valence-corrected chi connectivity index (χ3v) is 3.29. The van der Waals surface area contributed by atoms with Gasteiger partial charge in [-0.05, 0) is 24.3 Å². The molecule has 2 N–H and O–H groups in total. The number of nitrogens with zero attached hydrogens (tertiary/aromatic N) is 3. The molecular weight excluding hydrogens is 262 g/mol. The van der Waals surface area contributed by atoms with Crippen LogP contribution in [0.3, 0.4) is 0 Å². The number of aliphatic hydroxyl groups is 2. The summed E-state index contributed by atoms with van der Waals surface area (Å²) in [6.45, 7) is 0.289. The fourth-order valence-corrected chi connectivity index (χ4v) is 2.17. The van der Waals surface area contributed by atoms with Crippen LogP contribution in [0.4, 0.5) is 0 Å². The Morgan fingerprint density at radius 3 is 2.40 bits per heavy atom. The Labute approximate surface area is 114 Å². The van der Waals surface area contributed by atoms with Gasteiger partial charge in [-0.1, -0.05) is 0 Å². The second kappa shape index (κ2) is 5.03. The van der Waals surface area contributed by atoms with Gasteiger partial charge in [0.1, 0.15) is 0 Å². The predicted molar refractivity (Wildman–Crippen MR) is 67.7 cm³/mol. The summed E-state index contributed by atoms with van der Waals surface area (Å²) < 4.78 is 5.06. The number of hydrogen-bond acceptors (Lipinski definition) is 6. The van der Waals surface area contributed by atoms with E-state index in [4.69, 9.17) is 4.42 Å². The molecule has 104 valence electrons. The van der Waals surface area contributed by atoms with Crippen LogP contribution in [0.25, 0.3) is 11.5 Å². The number of aliphatic hydroxyl groups excluding tert-OH is 2. The Bertz CT molecular complexity index is 587. The van der Waals surface area contributed by atoms with Crippen molar-refractivity contribution in [2.45, 2.75) is 12.2 Å². The fraction of sp³-hybridized carbons (Fsp3) is 0.308. The molecule has 2 aromatic rings. The van der Waals surface area contributed by atoms with Crippen molar-refractivity contribution >= 4 is 5.91 Å². The molecule has 0 bridgehead atoms. The van der Waals surface area contributed by atoms with Gasteiger partial charge in [0.05, 0.1) is 12.2 Å². The van der Waals surface area contributed by atoms with Gasteiger partial charge in [-0.2, -0.15) is 0 Å². The second-order valence-corrected chi connectivity index (χ2v) is 4.67. The van der Waals surface area contributed by atoms with Crippen molar-refractivity contribution < 1.29 is 19.4 Å². The van der Waals surface area contributed by atoms with E-state index in [1.165, 1.54) is 11.3 Å². The Hall–Kier alpha value is -2.25. The summed E-state index contributed by atoms with van der Waals surface area (Å²) in [7, 11) is 0. The average molecular weight is 275 g/mol. The Morgan fingerprint density at radius 2 is 1.85 bits per heavy atom. The SMILES string of the molecule is O=C(c1ccc(-c2nnco2)cc1)N1C[C@@H](O)[C@@H](O)C1. The van der Waals surface area contributed by atoms with Crippen molar-refractivity contribution in [2.24, 2.45) is 0 Å². The first kappa shape index (κ1) is 12.8. The van der Waals surface area contributed by atoms with Crippen LogP contribution in [0.5, 0.6) is 0 Å². The number of amides is 1. The zero-order chi connectivity index (χ0) is 14.1. The van der Waals surface area contributed by atoms with Gasteiger partial charge in [0.15, 0.2) is 0 Å². The molecule has 1 aromatic carbocycles. The van der Waals surface area contributed by atoms with E-state index in [9.17, 15) is 15.0 Å². The minimum atomic E-state index is -0.878. The van der Waals surface area contributed by atoms with Crippen LogP contribution in [-0.4, -0.2) is 56.5 Å². The van der Waals surface area contributed by atoms with Crippen LogP contribution in [0, 0.1) is 0 Å². The molecule has 0 saturated carbocycles. The largest absolute Gasteiger partial charge is 0.423 e. The molecule has 7 nitrogen and oxygen atoms in total. The molecule has 1 saturated heterocycles. The quantitative estimate of drug-likeness (QED) is 0.795. The first-order valence-electron chi connectivity index (χ1n) is 6.17. The smallest absolute Gasteiger partial charge is 0.254 e. The van der Waals surface area contributed by atoms with Crippen molar-refractivity contribution in [1.29, 1.82) is 0 Å². The van der Waals surface area contributed by atoms with Crippen molar-refractivity contribution in [1.82, 2.24) is 15.1 Å². The zero-order valence-electron chi connectivity index (χ0n) is 10.5. The maximum Gasteiger partial charge on any atom is 0.254 e. The number of benzene rings is 1. The summed E-state index contributed by atoms with van der Waals surface area (Å²) in [4.78, 5) is 13.6. The molecule has 1 fully saturated rings. The van der Waals surface area contributed by atoms with Gasteiger partial charge < -0.3 is 19.5 Å². The van der Waals surface area contributed by atoms with Gasteiger partial charge in [0.25, 0.3) is 5.91 Å². The number of aromatic nitrogens is 2. The Balaban J connectivity index is 1.76. The maximum absolute atomic E-state index is 12.2. The summed E-state index contributed by atoms with van der Waals surface area (Å²) in [5.74, 6) is 0.161. The molecule has 3 rings (SSSR count). The molecule has 20 heavy (non-hydrogen) atoms. The number of hydrogen-bond donors (Lipinski definition) is 2. The first-order valence-corrected chi connectivity index (χ1v) is 6.17. The lowest BCUT2D eigenvalue weighted by atomic mass is 10.1. The van der Waals surface area contributed by atoms with E-state index in [1.807, 2.05) is 0 Å². The molecule has 0 aliphatic carbocycles. The van der Waals surface area contributed by atoms with Crippen LogP contribution in [0.15, 0.2) is 35.1 Å². The maximum atomic E-state index is 12.2. The lowest BCUT2D eigenvalue weighted by Crippen LogP contribution is -2.29. The molecule has 0 radical (unpaired) electrons. The van der Waals surface area contributed by atoms with Gasteiger partial charge in [-0.15, -0.1) is 10.2 Å². The summed E-state index contributed by atoms with van der Waals surface area (Å²) in [6.07, 6.45) is -0.519. The number of likely N-dealkylation sites (tertiary alicyclic amines) is 1. The molecule has 2 atom stereocenters. The van der Waals surface area contributed by atoms with Crippen LogP contribution >= 0.6 is 0 Å². The molecule has 1 aliphatic heterocycles. The van der Waals surface area contributed by atoms with Gasteiger partial charge in [0.2, 0.25) is 12.3 Å². The summed E-state index contributed by atoms with van der Waals surface area (Å²) in [5, 5.41) is 26.3. The van der Waals surface area contributed by atoms with E-state index in [0.717, 1.165) is 5.56 Å². The lowest BCUT2D eigenvalue weighted by molar-refractivity contribution is 0.0572. The number of rotatable bonds is 2. The summed E-state index contributed by atoms with van der Waals surface area (Å²) in [5.41, 5.74) is 1.20. The highest BCUT2D eigenvalue weighted by atomic mass is 16.4.